The van der Waals surface area contributed by atoms with Gasteiger partial charge in [-0.15, -0.1) is 0 Å². The minimum Gasteiger partial charge on any atom is -0.487 e. The lowest BCUT2D eigenvalue weighted by Crippen LogP contribution is -2.16. The first kappa shape index (κ1) is 19.8. The lowest BCUT2D eigenvalue weighted by atomic mass is 10.0. The van der Waals surface area contributed by atoms with Crippen LogP contribution in [0.5, 0.6) is 5.75 Å². The number of ether oxygens (including phenoxy) is 1. The van der Waals surface area contributed by atoms with Crippen LogP contribution in [0.2, 0.25) is 5.02 Å². The van der Waals surface area contributed by atoms with Gasteiger partial charge in [0, 0.05) is 47.8 Å². The maximum atomic E-state index is 11.4. The van der Waals surface area contributed by atoms with Crippen LogP contribution in [-0.4, -0.2) is 25.7 Å². The lowest BCUT2D eigenvalue weighted by molar-refractivity contribution is -0.117. The fraction of sp³-hybridized carbons (Fsp3) is 0.182. The number of primary amides is 1. The van der Waals surface area contributed by atoms with Crippen molar-refractivity contribution < 1.29 is 9.53 Å². The van der Waals surface area contributed by atoms with Crippen LogP contribution >= 0.6 is 11.6 Å². The van der Waals surface area contributed by atoms with Gasteiger partial charge in [-0.1, -0.05) is 23.7 Å². The highest BCUT2D eigenvalue weighted by Crippen LogP contribution is 2.33. The summed E-state index contributed by atoms with van der Waals surface area (Å²) in [6.07, 6.45) is 4.92. The second-order valence-electron chi connectivity index (χ2n) is 6.99. The van der Waals surface area contributed by atoms with Gasteiger partial charge >= 0.3 is 0 Å². The molecule has 0 unspecified atom stereocenters. The van der Waals surface area contributed by atoms with Crippen molar-refractivity contribution in [3.8, 4) is 17.0 Å². The van der Waals surface area contributed by atoms with Gasteiger partial charge in [0.25, 0.3) is 0 Å². The van der Waals surface area contributed by atoms with E-state index >= 15 is 0 Å². The smallest absolute Gasteiger partial charge is 0.221 e. The summed E-state index contributed by atoms with van der Waals surface area (Å²) in [6.45, 7) is 2.11. The molecule has 0 bridgehead atoms. The number of pyridine rings is 2. The Bertz CT molecular complexity index is 1250. The SMILES string of the molecule is Cc1cc(-c2ccnn2C)c2cccc(OCc3c(Cl)cncc3CC(N)=O)c2n1. The van der Waals surface area contributed by atoms with Crippen LogP contribution in [0.1, 0.15) is 16.8 Å². The van der Waals surface area contributed by atoms with E-state index in [0.717, 1.165) is 27.9 Å². The number of nitrogens with zero attached hydrogens (tertiary/aromatic N) is 4. The number of carbonyl (C=O) groups excluding carboxylic acids is 1. The number of aryl methyl sites for hydroxylation is 2. The van der Waals surface area contributed by atoms with Crippen molar-refractivity contribution in [2.24, 2.45) is 12.8 Å². The van der Waals surface area contributed by atoms with E-state index in [0.29, 0.717) is 21.9 Å². The number of hydrogen-bond donors (Lipinski definition) is 1. The van der Waals surface area contributed by atoms with Crippen LogP contribution in [0, 0.1) is 6.92 Å². The van der Waals surface area contributed by atoms with E-state index < -0.39 is 5.91 Å². The number of amides is 1. The molecule has 0 aliphatic heterocycles. The van der Waals surface area contributed by atoms with Gasteiger partial charge in [0.05, 0.1) is 17.1 Å². The molecule has 30 heavy (non-hydrogen) atoms. The van der Waals surface area contributed by atoms with Crippen LogP contribution in [0.4, 0.5) is 0 Å². The number of hydrogen-bond acceptors (Lipinski definition) is 5. The van der Waals surface area contributed by atoms with Crippen molar-refractivity contribution in [1.29, 1.82) is 0 Å². The van der Waals surface area contributed by atoms with E-state index in [-0.39, 0.29) is 13.0 Å². The van der Waals surface area contributed by atoms with Crippen LogP contribution < -0.4 is 10.5 Å². The molecule has 3 aromatic heterocycles. The van der Waals surface area contributed by atoms with E-state index in [1.165, 1.54) is 6.20 Å². The van der Waals surface area contributed by atoms with Crippen molar-refractivity contribution in [1.82, 2.24) is 19.7 Å². The number of carbonyl (C=O) groups is 1. The molecule has 4 rings (SSSR count). The zero-order valence-corrected chi connectivity index (χ0v) is 17.3. The minimum atomic E-state index is -0.455. The first-order valence-corrected chi connectivity index (χ1v) is 9.73. The van der Waals surface area contributed by atoms with E-state index in [4.69, 9.17) is 27.1 Å². The predicted octanol–water partition coefficient (Wildman–Crippen LogP) is 3.60. The number of para-hydroxylation sites is 1. The summed E-state index contributed by atoms with van der Waals surface area (Å²) in [5.74, 6) is 0.168. The number of nitrogens with two attached hydrogens (primary N) is 1. The summed E-state index contributed by atoms with van der Waals surface area (Å²) in [6, 6.07) is 9.80. The molecule has 0 spiro atoms. The molecule has 0 radical (unpaired) electrons. The lowest BCUT2D eigenvalue weighted by Gasteiger charge is -2.14. The molecule has 0 aliphatic rings. The fourth-order valence-electron chi connectivity index (χ4n) is 3.47. The molecule has 0 aliphatic carbocycles. The molecule has 3 heterocycles. The van der Waals surface area contributed by atoms with Gasteiger partial charge in [-0.05, 0) is 30.7 Å². The Balaban J connectivity index is 1.75. The van der Waals surface area contributed by atoms with Crippen LogP contribution in [0.3, 0.4) is 0 Å². The van der Waals surface area contributed by atoms with Crippen molar-refractivity contribution in [2.45, 2.75) is 20.0 Å². The van der Waals surface area contributed by atoms with E-state index in [1.807, 2.05) is 49.0 Å². The molecule has 1 aromatic carbocycles. The van der Waals surface area contributed by atoms with Gasteiger partial charge in [-0.2, -0.15) is 5.10 Å². The number of halogens is 1. The molecule has 4 aromatic rings. The normalized spacial score (nSPS) is 11.0. The Morgan fingerprint density at radius 3 is 2.83 bits per heavy atom. The Labute approximate surface area is 178 Å². The van der Waals surface area contributed by atoms with Crippen LogP contribution in [0.15, 0.2) is 48.9 Å². The topological polar surface area (TPSA) is 95.9 Å². The van der Waals surface area contributed by atoms with Crippen molar-refractivity contribution in [3.05, 3.63) is 70.8 Å². The standard InChI is InChI=1S/C22H20ClN5O2/c1-13-8-16(19-6-7-26-28(19)2)15-4-3-5-20(22(15)27-13)30-12-17-14(9-21(24)29)10-25-11-18(17)23/h3-8,10-11H,9,12H2,1-2H3,(H2,24,29). The van der Waals surface area contributed by atoms with E-state index in [9.17, 15) is 4.79 Å². The van der Waals surface area contributed by atoms with Gasteiger partial charge in [-0.25, -0.2) is 4.98 Å². The molecule has 0 saturated heterocycles. The number of fused-ring (bicyclic) bond motifs is 1. The Kier molecular flexibility index (Phi) is 5.37. The zero-order chi connectivity index (χ0) is 21.3. The van der Waals surface area contributed by atoms with Crippen LogP contribution in [0.25, 0.3) is 22.2 Å². The summed E-state index contributed by atoms with van der Waals surface area (Å²) in [7, 11) is 1.91. The van der Waals surface area contributed by atoms with Crippen molar-refractivity contribution in [2.75, 3.05) is 0 Å². The minimum absolute atomic E-state index is 0.0454. The Morgan fingerprint density at radius 1 is 1.27 bits per heavy atom. The molecule has 0 saturated carbocycles. The van der Waals surface area contributed by atoms with Crippen LogP contribution in [-0.2, 0) is 24.9 Å². The van der Waals surface area contributed by atoms with Crippen molar-refractivity contribution >= 4 is 28.4 Å². The molecule has 1 amide bonds. The van der Waals surface area contributed by atoms with Crippen molar-refractivity contribution in [3.63, 3.8) is 0 Å². The summed E-state index contributed by atoms with van der Waals surface area (Å²) < 4.78 is 7.94. The number of rotatable bonds is 6. The Morgan fingerprint density at radius 2 is 2.10 bits per heavy atom. The molecule has 7 nitrogen and oxygen atoms in total. The Hall–Kier alpha value is -3.45. The number of benzene rings is 1. The third-order valence-corrected chi connectivity index (χ3v) is 5.18. The maximum absolute atomic E-state index is 11.4. The average Bonchev–Trinajstić information content (AvgIpc) is 3.12. The predicted molar refractivity (Wildman–Crippen MR) is 115 cm³/mol. The third kappa shape index (κ3) is 3.84. The largest absolute Gasteiger partial charge is 0.487 e. The summed E-state index contributed by atoms with van der Waals surface area (Å²) in [4.78, 5) is 20.1. The molecular formula is C22H20ClN5O2. The van der Waals surface area contributed by atoms with E-state index in [1.54, 1.807) is 12.4 Å². The molecular weight excluding hydrogens is 402 g/mol. The van der Waals surface area contributed by atoms with Gasteiger partial charge in [-0.3, -0.25) is 14.5 Å². The first-order chi connectivity index (χ1) is 14.4. The molecule has 8 heteroatoms. The number of aromatic nitrogens is 4. The molecule has 152 valence electrons. The van der Waals surface area contributed by atoms with E-state index in [2.05, 4.69) is 10.1 Å². The summed E-state index contributed by atoms with van der Waals surface area (Å²) in [5, 5.41) is 5.66. The highest BCUT2D eigenvalue weighted by Gasteiger charge is 2.15. The summed E-state index contributed by atoms with van der Waals surface area (Å²) in [5.41, 5.74) is 10.3. The second-order valence-corrected chi connectivity index (χ2v) is 7.40. The average molecular weight is 422 g/mol. The second kappa shape index (κ2) is 8.12. The zero-order valence-electron chi connectivity index (χ0n) is 16.6. The fourth-order valence-corrected chi connectivity index (χ4v) is 3.70. The third-order valence-electron chi connectivity index (χ3n) is 4.86. The first-order valence-electron chi connectivity index (χ1n) is 9.35. The molecule has 0 atom stereocenters. The quantitative estimate of drug-likeness (QED) is 0.513. The maximum Gasteiger partial charge on any atom is 0.221 e. The van der Waals surface area contributed by atoms with Gasteiger partial charge < -0.3 is 10.5 Å². The van der Waals surface area contributed by atoms with Gasteiger partial charge in [0.1, 0.15) is 17.9 Å². The molecule has 0 fully saturated rings. The monoisotopic (exact) mass is 421 g/mol. The summed E-state index contributed by atoms with van der Waals surface area (Å²) >= 11 is 6.31. The molecule has 2 N–H and O–H groups in total. The highest BCUT2D eigenvalue weighted by molar-refractivity contribution is 6.31. The van der Waals surface area contributed by atoms with Gasteiger partial charge in [0.2, 0.25) is 5.91 Å². The highest BCUT2D eigenvalue weighted by atomic mass is 35.5. The van der Waals surface area contributed by atoms with Gasteiger partial charge in [0.15, 0.2) is 0 Å².